The monoisotopic (exact) mass is 322 g/mol. The minimum absolute atomic E-state index is 0.114. The molecule has 1 unspecified atom stereocenters. The minimum atomic E-state index is -0.114. The Morgan fingerprint density at radius 2 is 2.21 bits per heavy atom. The summed E-state index contributed by atoms with van der Waals surface area (Å²) in [4.78, 5) is 14.2. The number of aryl methyl sites for hydroxylation is 1. The zero-order chi connectivity index (χ0) is 16.9. The van der Waals surface area contributed by atoms with Gasteiger partial charge in [-0.2, -0.15) is 5.10 Å². The fraction of sp³-hybridized carbons (Fsp3) is 0.316. The SMILES string of the molecule is Cc1cccc(/C=C2\CCN(C(=O)Nc3cccnn3)CC2C)c1. The number of aromatic nitrogens is 2. The summed E-state index contributed by atoms with van der Waals surface area (Å²) in [5.41, 5.74) is 3.89. The van der Waals surface area contributed by atoms with Gasteiger partial charge in [-0.1, -0.05) is 48.4 Å². The summed E-state index contributed by atoms with van der Waals surface area (Å²) in [6.07, 6.45) is 4.74. The highest BCUT2D eigenvalue weighted by Crippen LogP contribution is 2.25. The van der Waals surface area contributed by atoms with Gasteiger partial charge in [0.25, 0.3) is 0 Å². The van der Waals surface area contributed by atoms with Crippen LogP contribution in [-0.4, -0.2) is 34.2 Å². The van der Waals surface area contributed by atoms with Gasteiger partial charge in [0, 0.05) is 19.3 Å². The van der Waals surface area contributed by atoms with E-state index in [4.69, 9.17) is 0 Å². The van der Waals surface area contributed by atoms with Gasteiger partial charge >= 0.3 is 6.03 Å². The van der Waals surface area contributed by atoms with E-state index >= 15 is 0 Å². The molecule has 1 aromatic carbocycles. The molecule has 1 fully saturated rings. The van der Waals surface area contributed by atoms with Crippen molar-refractivity contribution >= 4 is 17.9 Å². The predicted octanol–water partition coefficient (Wildman–Crippen LogP) is 3.74. The minimum Gasteiger partial charge on any atom is -0.324 e. The van der Waals surface area contributed by atoms with Gasteiger partial charge < -0.3 is 4.90 Å². The highest BCUT2D eigenvalue weighted by atomic mass is 16.2. The number of carbonyl (C=O) groups excluding carboxylic acids is 1. The van der Waals surface area contributed by atoms with Crippen molar-refractivity contribution in [3.05, 3.63) is 59.3 Å². The average Bonchev–Trinajstić information content (AvgIpc) is 2.57. The molecule has 3 rings (SSSR count). The van der Waals surface area contributed by atoms with E-state index in [1.807, 2.05) is 4.90 Å². The third-order valence-corrected chi connectivity index (χ3v) is 4.29. The lowest BCUT2D eigenvalue weighted by atomic mass is 9.91. The molecule has 2 amide bonds. The molecule has 1 N–H and O–H groups in total. The predicted molar refractivity (Wildman–Crippen MR) is 95.6 cm³/mol. The van der Waals surface area contributed by atoms with Crippen LogP contribution < -0.4 is 5.32 Å². The number of rotatable bonds is 2. The van der Waals surface area contributed by atoms with Gasteiger partial charge in [-0.25, -0.2) is 4.79 Å². The van der Waals surface area contributed by atoms with Crippen molar-refractivity contribution in [1.29, 1.82) is 0 Å². The maximum atomic E-state index is 12.4. The number of urea groups is 1. The molecule has 0 aliphatic carbocycles. The second-order valence-corrected chi connectivity index (χ2v) is 6.27. The van der Waals surface area contributed by atoms with Gasteiger partial charge in [0.05, 0.1) is 0 Å². The number of carbonyl (C=O) groups is 1. The summed E-state index contributed by atoms with van der Waals surface area (Å²) in [6.45, 7) is 5.70. The Morgan fingerprint density at radius 3 is 2.92 bits per heavy atom. The third kappa shape index (κ3) is 3.98. The van der Waals surface area contributed by atoms with Crippen molar-refractivity contribution in [2.75, 3.05) is 18.4 Å². The lowest BCUT2D eigenvalue weighted by Gasteiger charge is -2.33. The van der Waals surface area contributed by atoms with E-state index in [9.17, 15) is 4.79 Å². The molecule has 0 saturated carbocycles. The van der Waals surface area contributed by atoms with Crippen LogP contribution in [0.25, 0.3) is 6.08 Å². The number of benzene rings is 1. The summed E-state index contributed by atoms with van der Waals surface area (Å²) in [7, 11) is 0. The number of likely N-dealkylation sites (tertiary alicyclic amines) is 1. The maximum Gasteiger partial charge on any atom is 0.323 e. The van der Waals surface area contributed by atoms with Crippen LogP contribution in [0.2, 0.25) is 0 Å². The van der Waals surface area contributed by atoms with E-state index in [0.29, 0.717) is 24.8 Å². The second-order valence-electron chi connectivity index (χ2n) is 6.27. The molecular weight excluding hydrogens is 300 g/mol. The molecule has 124 valence electrons. The van der Waals surface area contributed by atoms with E-state index in [2.05, 4.69) is 59.7 Å². The van der Waals surface area contributed by atoms with Gasteiger partial charge in [0.15, 0.2) is 5.82 Å². The van der Waals surface area contributed by atoms with Gasteiger partial charge in [-0.15, -0.1) is 5.10 Å². The summed E-state index contributed by atoms with van der Waals surface area (Å²) < 4.78 is 0. The molecule has 0 spiro atoms. The molecule has 0 radical (unpaired) electrons. The lowest BCUT2D eigenvalue weighted by molar-refractivity contribution is 0.197. The van der Waals surface area contributed by atoms with Crippen molar-refractivity contribution in [1.82, 2.24) is 15.1 Å². The van der Waals surface area contributed by atoms with Crippen molar-refractivity contribution in [3.63, 3.8) is 0 Å². The van der Waals surface area contributed by atoms with Crippen molar-refractivity contribution in [3.8, 4) is 0 Å². The highest BCUT2D eigenvalue weighted by molar-refractivity contribution is 5.88. The van der Waals surface area contributed by atoms with E-state index in [1.165, 1.54) is 16.7 Å². The van der Waals surface area contributed by atoms with Crippen LogP contribution in [0.4, 0.5) is 10.6 Å². The lowest BCUT2D eigenvalue weighted by Crippen LogP contribution is -2.42. The Hall–Kier alpha value is -2.69. The largest absolute Gasteiger partial charge is 0.324 e. The number of piperidine rings is 1. The first kappa shape index (κ1) is 16.2. The van der Waals surface area contributed by atoms with E-state index in [-0.39, 0.29) is 6.03 Å². The third-order valence-electron chi connectivity index (χ3n) is 4.29. The van der Waals surface area contributed by atoms with Crippen LogP contribution in [0.3, 0.4) is 0 Å². The zero-order valence-corrected chi connectivity index (χ0v) is 14.1. The van der Waals surface area contributed by atoms with Gasteiger partial charge in [0.2, 0.25) is 0 Å². The number of nitrogens with zero attached hydrogens (tertiary/aromatic N) is 3. The summed E-state index contributed by atoms with van der Waals surface area (Å²) in [5, 5.41) is 10.5. The number of amides is 2. The van der Waals surface area contributed by atoms with Crippen LogP contribution >= 0.6 is 0 Å². The van der Waals surface area contributed by atoms with Crippen LogP contribution in [0.5, 0.6) is 0 Å². The highest BCUT2D eigenvalue weighted by Gasteiger charge is 2.24. The summed E-state index contributed by atoms with van der Waals surface area (Å²) >= 11 is 0. The Kier molecular flexibility index (Phi) is 4.89. The Bertz CT molecular complexity index is 742. The number of hydrogen-bond acceptors (Lipinski definition) is 3. The fourth-order valence-electron chi connectivity index (χ4n) is 2.98. The molecule has 0 bridgehead atoms. The second kappa shape index (κ2) is 7.25. The molecule has 24 heavy (non-hydrogen) atoms. The van der Waals surface area contributed by atoms with Gasteiger partial charge in [-0.05, 0) is 37.0 Å². The Balaban J connectivity index is 1.63. The number of anilines is 1. The topological polar surface area (TPSA) is 58.1 Å². The Morgan fingerprint density at radius 1 is 1.33 bits per heavy atom. The van der Waals surface area contributed by atoms with E-state index in [1.54, 1.807) is 18.3 Å². The van der Waals surface area contributed by atoms with Gasteiger partial charge in [-0.3, -0.25) is 5.32 Å². The normalized spacial score (nSPS) is 19.3. The van der Waals surface area contributed by atoms with Crippen LogP contribution in [0.1, 0.15) is 24.5 Å². The number of hydrogen-bond donors (Lipinski definition) is 1. The molecule has 1 aliphatic rings. The number of nitrogens with one attached hydrogen (secondary N) is 1. The van der Waals surface area contributed by atoms with Crippen molar-refractivity contribution in [2.45, 2.75) is 20.3 Å². The molecular formula is C19H22N4O. The van der Waals surface area contributed by atoms with E-state index in [0.717, 1.165) is 6.42 Å². The Labute approximate surface area is 142 Å². The summed E-state index contributed by atoms with van der Waals surface area (Å²) in [5.74, 6) is 0.822. The molecule has 2 heterocycles. The van der Waals surface area contributed by atoms with Crippen LogP contribution in [0.15, 0.2) is 48.2 Å². The molecule has 5 nitrogen and oxygen atoms in total. The molecule has 1 saturated heterocycles. The smallest absolute Gasteiger partial charge is 0.323 e. The first-order valence-corrected chi connectivity index (χ1v) is 8.22. The standard InChI is InChI=1S/C19H22N4O/c1-14-5-3-6-16(11-14)12-17-8-10-23(13-15(17)2)19(24)21-18-7-4-9-20-22-18/h3-7,9,11-12,15H,8,10,13H2,1-2H3,(H,21,22,24)/b17-12+. The first-order valence-electron chi connectivity index (χ1n) is 8.22. The van der Waals surface area contributed by atoms with Crippen LogP contribution in [-0.2, 0) is 0 Å². The fourth-order valence-corrected chi connectivity index (χ4v) is 2.98. The van der Waals surface area contributed by atoms with Crippen molar-refractivity contribution < 1.29 is 4.79 Å². The van der Waals surface area contributed by atoms with Crippen molar-refractivity contribution in [2.24, 2.45) is 5.92 Å². The maximum absolute atomic E-state index is 12.4. The van der Waals surface area contributed by atoms with Gasteiger partial charge in [0.1, 0.15) is 0 Å². The molecule has 1 aliphatic heterocycles. The first-order chi connectivity index (χ1) is 11.6. The van der Waals surface area contributed by atoms with Crippen LogP contribution in [0, 0.1) is 12.8 Å². The quantitative estimate of drug-likeness (QED) is 0.916. The molecule has 2 aromatic rings. The van der Waals surface area contributed by atoms with E-state index < -0.39 is 0 Å². The molecule has 1 aromatic heterocycles. The summed E-state index contributed by atoms with van der Waals surface area (Å²) in [6, 6.07) is 11.9. The average molecular weight is 322 g/mol. The zero-order valence-electron chi connectivity index (χ0n) is 14.1. The molecule has 5 heteroatoms. The molecule has 1 atom stereocenters.